The van der Waals surface area contributed by atoms with Crippen molar-refractivity contribution >= 4 is 7.82 Å². The van der Waals surface area contributed by atoms with Gasteiger partial charge in [0.1, 0.15) is 73.2 Å². The van der Waals surface area contributed by atoms with Crippen LogP contribution >= 0.6 is 7.82 Å². The molecule has 38 heavy (non-hydrogen) atoms. The normalized spacial score (nSPS) is 48.7. The van der Waals surface area contributed by atoms with E-state index >= 15 is 0 Å². The fraction of sp³-hybridized carbons (Fsp3) is 1.00. The monoisotopic (exact) mass is 584 g/mol. The van der Waals surface area contributed by atoms with Gasteiger partial charge in [0, 0.05) is 0 Å². The Morgan fingerprint density at radius 2 is 1.05 bits per heavy atom. The third-order valence-corrected chi connectivity index (χ3v) is 6.81. The Kier molecular flexibility index (Phi) is 11.0. The van der Waals surface area contributed by atoms with Crippen molar-refractivity contribution in [2.24, 2.45) is 0 Å². The molecule has 3 aliphatic heterocycles. The molecule has 0 aliphatic carbocycles. The summed E-state index contributed by atoms with van der Waals surface area (Å²) < 4.78 is 41.8. The lowest BCUT2D eigenvalue weighted by Crippen LogP contribution is -2.66. The number of phosphoric acid groups is 1. The molecule has 0 bridgehead atoms. The Morgan fingerprint density at radius 1 is 0.579 bits per heavy atom. The highest BCUT2D eigenvalue weighted by Gasteiger charge is 2.53. The molecule has 12 N–H and O–H groups in total. The van der Waals surface area contributed by atoms with Gasteiger partial charge in [0.05, 0.1) is 19.8 Å². The van der Waals surface area contributed by atoms with Crippen molar-refractivity contribution in [3.63, 3.8) is 0 Å². The Morgan fingerprint density at radius 3 is 1.61 bits per heavy atom. The van der Waals surface area contributed by atoms with E-state index in [4.69, 9.17) is 33.5 Å². The predicted molar refractivity (Wildman–Crippen MR) is 112 cm³/mol. The van der Waals surface area contributed by atoms with Crippen LogP contribution in [0, 0.1) is 0 Å². The lowest BCUT2D eigenvalue weighted by molar-refractivity contribution is -0.390. The molecule has 0 radical (unpaired) electrons. The molecule has 15 atom stereocenters. The van der Waals surface area contributed by atoms with Crippen LogP contribution in [-0.4, -0.2) is 173 Å². The van der Waals surface area contributed by atoms with Crippen molar-refractivity contribution in [3.05, 3.63) is 0 Å². The quantitative estimate of drug-likeness (QED) is 0.112. The van der Waals surface area contributed by atoms with E-state index in [0.29, 0.717) is 0 Å². The van der Waals surface area contributed by atoms with Gasteiger partial charge in [-0.15, -0.1) is 0 Å². The Hall–Kier alpha value is -0.490. The summed E-state index contributed by atoms with van der Waals surface area (Å²) in [7, 11) is -5.04. The minimum absolute atomic E-state index is 0.775. The number of hydrogen-bond acceptors (Lipinski definition) is 17. The highest BCUT2D eigenvalue weighted by molar-refractivity contribution is 7.46. The van der Waals surface area contributed by atoms with Gasteiger partial charge < -0.3 is 84.5 Å². The van der Waals surface area contributed by atoms with Crippen LogP contribution in [0.5, 0.6) is 0 Å². The molecule has 0 amide bonds. The lowest BCUT2D eigenvalue weighted by Gasteiger charge is -2.48. The van der Waals surface area contributed by atoms with Gasteiger partial charge in [-0.2, -0.15) is 0 Å². The van der Waals surface area contributed by atoms with E-state index in [1.165, 1.54) is 0 Å². The third kappa shape index (κ3) is 7.04. The second kappa shape index (κ2) is 13.0. The summed E-state index contributed by atoms with van der Waals surface area (Å²) in [5, 5.41) is 101. The summed E-state index contributed by atoms with van der Waals surface area (Å²) in [6.45, 7) is -2.61. The molecule has 3 heterocycles. The maximum absolute atomic E-state index is 11.0. The highest BCUT2D eigenvalue weighted by Crippen LogP contribution is 2.37. The van der Waals surface area contributed by atoms with Crippen LogP contribution in [-0.2, 0) is 32.8 Å². The van der Waals surface area contributed by atoms with E-state index in [1.807, 2.05) is 0 Å². The number of aliphatic hydroxyl groups excluding tert-OH is 10. The van der Waals surface area contributed by atoms with Gasteiger partial charge in [-0.05, 0) is 0 Å². The number of ether oxygens (including phenoxy) is 5. The van der Waals surface area contributed by atoms with Gasteiger partial charge in [0.15, 0.2) is 18.9 Å². The smallest absolute Gasteiger partial charge is 0.394 e. The number of aliphatic hydroxyl groups is 10. The van der Waals surface area contributed by atoms with Gasteiger partial charge in [0.2, 0.25) is 0 Å². The zero-order valence-electron chi connectivity index (χ0n) is 19.5. The van der Waals surface area contributed by atoms with Crippen molar-refractivity contribution in [2.45, 2.75) is 92.1 Å². The molecule has 3 aliphatic rings. The van der Waals surface area contributed by atoms with Crippen LogP contribution < -0.4 is 0 Å². The molecule has 0 spiro atoms. The molecule has 0 unspecified atom stereocenters. The van der Waals surface area contributed by atoms with E-state index in [1.54, 1.807) is 0 Å². The molecule has 19 nitrogen and oxygen atoms in total. The van der Waals surface area contributed by atoms with Gasteiger partial charge in [-0.25, -0.2) is 4.57 Å². The molecule has 224 valence electrons. The summed E-state index contributed by atoms with van der Waals surface area (Å²) >= 11 is 0. The maximum atomic E-state index is 11.0. The molecule has 3 fully saturated rings. The van der Waals surface area contributed by atoms with E-state index in [2.05, 4.69) is 4.52 Å². The first-order valence-corrected chi connectivity index (χ1v) is 12.9. The van der Waals surface area contributed by atoms with Crippen LogP contribution in [0.15, 0.2) is 0 Å². The summed E-state index contributed by atoms with van der Waals surface area (Å²) in [6.07, 6.45) is -27.5. The summed E-state index contributed by atoms with van der Waals surface area (Å²) in [5.41, 5.74) is 0. The Bertz CT molecular complexity index is 800. The van der Waals surface area contributed by atoms with Crippen LogP contribution in [0.25, 0.3) is 0 Å². The second-order valence-electron chi connectivity index (χ2n) is 8.94. The molecular weight excluding hydrogens is 551 g/mol. The minimum atomic E-state index is -5.04. The Labute approximate surface area is 214 Å². The predicted octanol–water partition coefficient (Wildman–Crippen LogP) is -7.46. The zero-order chi connectivity index (χ0) is 28.5. The first kappa shape index (κ1) is 32.0. The summed E-state index contributed by atoms with van der Waals surface area (Å²) in [6, 6.07) is 0. The van der Waals surface area contributed by atoms with E-state index < -0.39 is 120 Å². The topological polar surface area (TPSA) is 315 Å². The number of rotatable bonds is 9. The fourth-order valence-electron chi connectivity index (χ4n) is 4.18. The van der Waals surface area contributed by atoms with Crippen LogP contribution in [0.3, 0.4) is 0 Å². The SMILES string of the molecule is O=P(O)(O)OC[C@H]1O[C@H](O[C@@H]2[C@@H](O[C@H]3[C@@H](O)[C@H](O)[C@@H](CO)O[C@@H]3O)O[C@H](CO)[C@@H](O)[C@@H]2O)[C@@H](O)[C@@H](O)[C@@H]1O. The van der Waals surface area contributed by atoms with E-state index in [-0.39, 0.29) is 0 Å². The van der Waals surface area contributed by atoms with Crippen LogP contribution in [0.2, 0.25) is 0 Å². The number of phosphoric ester groups is 1. The molecule has 0 aromatic heterocycles. The molecule has 20 heteroatoms. The highest BCUT2D eigenvalue weighted by atomic mass is 31.2. The molecule has 0 saturated carbocycles. The fourth-order valence-corrected chi connectivity index (χ4v) is 4.52. The van der Waals surface area contributed by atoms with Crippen molar-refractivity contribution < 1.29 is 93.6 Å². The van der Waals surface area contributed by atoms with Crippen molar-refractivity contribution in [1.82, 2.24) is 0 Å². The molecule has 3 saturated heterocycles. The third-order valence-electron chi connectivity index (χ3n) is 6.33. The van der Waals surface area contributed by atoms with Crippen LogP contribution in [0.1, 0.15) is 0 Å². The van der Waals surface area contributed by atoms with Gasteiger partial charge in [-0.3, -0.25) is 4.52 Å². The zero-order valence-corrected chi connectivity index (χ0v) is 20.3. The van der Waals surface area contributed by atoms with Crippen molar-refractivity contribution in [2.75, 3.05) is 19.8 Å². The van der Waals surface area contributed by atoms with Crippen LogP contribution in [0.4, 0.5) is 0 Å². The molecule has 0 aromatic rings. The van der Waals surface area contributed by atoms with Gasteiger partial charge in [0.25, 0.3) is 0 Å². The van der Waals surface area contributed by atoms with E-state index in [0.717, 1.165) is 0 Å². The minimum Gasteiger partial charge on any atom is -0.394 e. The largest absolute Gasteiger partial charge is 0.469 e. The lowest BCUT2D eigenvalue weighted by atomic mass is 9.96. The maximum Gasteiger partial charge on any atom is 0.469 e. The number of hydrogen-bond donors (Lipinski definition) is 12. The Balaban J connectivity index is 1.81. The first-order chi connectivity index (χ1) is 17.7. The van der Waals surface area contributed by atoms with E-state index in [9.17, 15) is 55.6 Å². The molecular formula is C18H33O19P. The first-order valence-electron chi connectivity index (χ1n) is 11.3. The average Bonchev–Trinajstić information content (AvgIpc) is 2.86. The van der Waals surface area contributed by atoms with Gasteiger partial charge >= 0.3 is 7.82 Å². The summed E-state index contributed by atoms with van der Waals surface area (Å²) in [5.74, 6) is 0. The second-order valence-corrected chi connectivity index (χ2v) is 10.2. The van der Waals surface area contributed by atoms with Gasteiger partial charge in [-0.1, -0.05) is 0 Å². The van der Waals surface area contributed by atoms with Crippen molar-refractivity contribution in [1.29, 1.82) is 0 Å². The standard InChI is InChI=1S/C18H33O19P/c19-1-4-7(21)11(25)14(16(28)33-4)36-18-15(12(26)8(22)5(2-20)34-18)37-17-13(27)10(24)9(23)6(35-17)3-32-38(29,30)31/h4-28H,1-3H2,(H2,29,30,31)/t4-,5-,6-,7-,8-,9-,10+,11+,12+,13+,14+,15+,16+,17-,18-/m1/s1. The van der Waals surface area contributed by atoms with Crippen molar-refractivity contribution in [3.8, 4) is 0 Å². The summed E-state index contributed by atoms with van der Waals surface area (Å²) in [4.78, 5) is 17.8. The molecule has 3 rings (SSSR count). The molecule has 0 aromatic carbocycles. The average molecular weight is 584 g/mol.